The van der Waals surface area contributed by atoms with Crippen molar-refractivity contribution in [3.8, 4) is 5.75 Å². The summed E-state index contributed by atoms with van der Waals surface area (Å²) >= 11 is 0. The third-order valence-electron chi connectivity index (χ3n) is 15.5. The van der Waals surface area contributed by atoms with E-state index in [1.165, 1.54) is 68.4 Å². The Kier molecular flexibility index (Phi) is 33.6. The van der Waals surface area contributed by atoms with E-state index in [0.29, 0.717) is 0 Å². The molecule has 0 aliphatic carbocycles. The summed E-state index contributed by atoms with van der Waals surface area (Å²) in [5.41, 5.74) is 15.4. The fraction of sp³-hybridized carbons (Fsp3) is 0.600. The van der Waals surface area contributed by atoms with Crippen molar-refractivity contribution in [1.82, 2.24) is 58.5 Å². The molecule has 1 heterocycles. The highest BCUT2D eigenvalue weighted by molar-refractivity contribution is 6.00. The number of benzene rings is 2. The van der Waals surface area contributed by atoms with E-state index in [-0.39, 0.29) is 61.5 Å². The van der Waals surface area contributed by atoms with Crippen molar-refractivity contribution >= 4 is 83.0 Å². The van der Waals surface area contributed by atoms with Crippen LogP contribution in [0.1, 0.15) is 138 Å². The number of aliphatic imine (C=N–C) groups is 1. The Hall–Kier alpha value is -9.74. The number of aliphatic hydroxyl groups is 4. The predicted molar refractivity (Wildman–Crippen MR) is 359 cm³/mol. The Morgan fingerprint density at radius 1 is 0.660 bits per heavy atom. The van der Waals surface area contributed by atoms with Gasteiger partial charge in [-0.25, -0.2) is 9.59 Å². The second kappa shape index (κ2) is 39.7. The molecule has 1 aliphatic rings. The SMILES string of the molecule is CC[C@H](C)C1NC(=O)[C@@H](CCCN=C(N)N)NC(=O)[C@H](CC(C)C)NC(=O)[C@H]([C@H](O)C(C)C)NC(=O)[C@@H](NC(=O)[C@H](CC(C)C)NC(=O)[C@H](NC(=O)OC(C)(C)C)c2ccc(O)cc2)[C@@H](c2ccccc2)OC(=O)[C@H](CO)NC(=O)[C@H]([C@H](O)C(N)=O)NC(=O)CNC(=O)C([C@H](C)O)NC1=O. The maximum atomic E-state index is 15.6. The van der Waals surface area contributed by atoms with E-state index in [9.17, 15) is 73.5 Å². The third kappa shape index (κ3) is 27.2. The highest BCUT2D eigenvalue weighted by atomic mass is 16.6. The van der Waals surface area contributed by atoms with Crippen molar-refractivity contribution in [3.63, 3.8) is 0 Å². The number of amides is 12. The molecule has 0 aromatic heterocycles. The van der Waals surface area contributed by atoms with Crippen LogP contribution >= 0.6 is 0 Å². The normalized spacial score (nSPS) is 23.4. The summed E-state index contributed by atoms with van der Waals surface area (Å²) in [6.07, 6.45) is -9.85. The number of primary amides is 1. The van der Waals surface area contributed by atoms with Crippen LogP contribution in [-0.2, 0) is 67.0 Å². The van der Waals surface area contributed by atoms with Gasteiger partial charge < -0.3 is 111 Å². The summed E-state index contributed by atoms with van der Waals surface area (Å²) in [6, 6.07) is -7.10. The minimum atomic E-state index is -2.62. The molecule has 0 saturated carbocycles. The third-order valence-corrected chi connectivity index (χ3v) is 15.5. The van der Waals surface area contributed by atoms with Crippen LogP contribution in [0, 0.1) is 23.7 Å². The number of aromatic hydroxyl groups is 1. The number of ether oxygens (including phenoxy) is 2. The van der Waals surface area contributed by atoms with Crippen LogP contribution in [0.5, 0.6) is 5.75 Å². The molecule has 15 atom stereocenters. The highest BCUT2D eigenvalue weighted by Crippen LogP contribution is 2.26. The number of rotatable bonds is 23. The highest BCUT2D eigenvalue weighted by Gasteiger charge is 2.44. The monoisotopic (exact) mass is 1410 g/mol. The molecule has 556 valence electrons. The summed E-state index contributed by atoms with van der Waals surface area (Å²) in [5, 5.41) is 80.9. The molecule has 1 saturated heterocycles. The van der Waals surface area contributed by atoms with Gasteiger partial charge in [-0.05, 0) is 100 Å². The predicted octanol–water partition coefficient (Wildman–Crippen LogP) is -3.84. The molecule has 2 unspecified atom stereocenters. The first-order chi connectivity index (χ1) is 46.7. The number of nitrogens with one attached hydrogen (secondary N) is 11. The van der Waals surface area contributed by atoms with Crippen LogP contribution in [0.25, 0.3) is 0 Å². The Labute approximate surface area is 579 Å². The van der Waals surface area contributed by atoms with Crippen LogP contribution < -0.4 is 75.7 Å². The zero-order chi connectivity index (χ0) is 75.6. The fourth-order valence-corrected chi connectivity index (χ4v) is 10.0. The number of carbonyl (C=O) groups is 13. The molecule has 1 fully saturated rings. The molecule has 0 spiro atoms. The van der Waals surface area contributed by atoms with E-state index in [1.807, 2.05) is 10.6 Å². The van der Waals surface area contributed by atoms with Gasteiger partial charge in [0.2, 0.25) is 65.0 Å². The average Bonchev–Trinajstić information content (AvgIpc) is 0.813. The first-order valence-corrected chi connectivity index (χ1v) is 32.7. The summed E-state index contributed by atoms with van der Waals surface area (Å²) in [6.45, 7) is 16.0. The Balaban J connectivity index is 2.46. The standard InChI is InChI=1S/C65H101N15O20/c1-13-33(8)43-57(92)77-44(34(9)82)56(91)70-28-42(84)75-47(50(86)52(66)87)60(95)74-41(29-81)62(97)99-51(36-18-15-14-16-19-36)48(79-55(90)40(27-31(4)5)72-58(93)45(35-21-23-37(83)24-22-35)80-64(98)100-65(10,11)12)61(96)78-46(49(85)32(6)7)59(94)73-39(26-30(2)3)54(89)71-38(53(88)76-43)20-17-25-69-63(67)68/h14-16,18-19,21-24,30-34,38-41,43-51,81-83,85-86H,13,17,20,25-29H2,1-12H3,(H2,66,87)(H,70,91)(H,71,89)(H,72,93)(H,73,94)(H,74,95)(H,75,84)(H,76,88)(H,77,92)(H,78,96)(H,79,90)(H,80,98)(H4,67,68,69)/t33-,34-,38+,39-,40-,41-,43?,44?,45+,46-,47-,48-,49+,50-,51+/m0/s1. The quantitative estimate of drug-likeness (QED) is 0.0219. The van der Waals surface area contributed by atoms with Crippen LogP contribution in [0.15, 0.2) is 59.6 Å². The van der Waals surface area contributed by atoms with Gasteiger partial charge in [-0.2, -0.15) is 0 Å². The molecule has 2 aromatic carbocycles. The minimum Gasteiger partial charge on any atom is -0.508 e. The van der Waals surface area contributed by atoms with Gasteiger partial charge in [0, 0.05) is 6.54 Å². The Morgan fingerprint density at radius 2 is 1.22 bits per heavy atom. The van der Waals surface area contributed by atoms with Gasteiger partial charge in [-0.15, -0.1) is 0 Å². The van der Waals surface area contributed by atoms with Crippen molar-refractivity contribution in [2.45, 2.75) is 206 Å². The number of guanidine groups is 1. The van der Waals surface area contributed by atoms with Gasteiger partial charge in [0.1, 0.15) is 65.7 Å². The van der Waals surface area contributed by atoms with Gasteiger partial charge in [-0.1, -0.05) is 104 Å². The van der Waals surface area contributed by atoms with E-state index < -0.39 is 204 Å². The summed E-state index contributed by atoms with van der Waals surface area (Å²) < 4.78 is 11.4. The van der Waals surface area contributed by atoms with Crippen LogP contribution in [0.4, 0.5) is 4.79 Å². The summed E-state index contributed by atoms with van der Waals surface area (Å²) in [5.74, 6) is -18.5. The molecular formula is C65H101N15O20. The fourth-order valence-electron chi connectivity index (χ4n) is 10.0. The zero-order valence-corrected chi connectivity index (χ0v) is 58.3. The largest absolute Gasteiger partial charge is 0.508 e. The topological polar surface area (TPSA) is 564 Å². The maximum Gasteiger partial charge on any atom is 0.408 e. The number of hydrogen-bond acceptors (Lipinski definition) is 21. The first-order valence-electron chi connectivity index (χ1n) is 32.7. The number of aliphatic hydroxyl groups excluding tert-OH is 4. The van der Waals surface area contributed by atoms with Crippen molar-refractivity contribution in [3.05, 3.63) is 65.7 Å². The number of esters is 1. The average molecular weight is 1410 g/mol. The van der Waals surface area contributed by atoms with Crippen molar-refractivity contribution in [2.24, 2.45) is 45.9 Å². The van der Waals surface area contributed by atoms with Crippen LogP contribution in [0.3, 0.4) is 0 Å². The van der Waals surface area contributed by atoms with Crippen molar-refractivity contribution in [1.29, 1.82) is 0 Å². The molecule has 1 aliphatic heterocycles. The number of phenols is 1. The lowest BCUT2D eigenvalue weighted by Gasteiger charge is -2.34. The van der Waals surface area contributed by atoms with Gasteiger partial charge in [-0.3, -0.25) is 57.7 Å². The number of cyclic esters (lactones) is 1. The van der Waals surface area contributed by atoms with E-state index >= 15 is 14.4 Å². The van der Waals surface area contributed by atoms with Gasteiger partial charge >= 0.3 is 12.1 Å². The molecule has 3 rings (SSSR count). The maximum absolute atomic E-state index is 15.6. The number of phenolic OH excluding ortho intramolecular Hbond substituents is 1. The molecule has 12 amide bonds. The molecule has 0 radical (unpaired) electrons. The molecule has 2 aromatic rings. The second-order valence-electron chi connectivity index (χ2n) is 26.5. The second-order valence-corrected chi connectivity index (χ2v) is 26.5. The Morgan fingerprint density at radius 3 is 1.76 bits per heavy atom. The lowest BCUT2D eigenvalue weighted by atomic mass is 9.95. The molecule has 22 N–H and O–H groups in total. The van der Waals surface area contributed by atoms with Crippen molar-refractivity contribution in [2.75, 3.05) is 19.7 Å². The lowest BCUT2D eigenvalue weighted by Crippen LogP contribution is -2.64. The summed E-state index contributed by atoms with van der Waals surface area (Å²) in [4.78, 5) is 190. The first kappa shape index (κ1) is 84.5. The van der Waals surface area contributed by atoms with Gasteiger partial charge in [0.05, 0.1) is 25.4 Å². The van der Waals surface area contributed by atoms with E-state index in [2.05, 4.69) is 52.8 Å². The molecule has 0 bridgehead atoms. The molecule has 35 heteroatoms. The Bertz CT molecular complexity index is 3180. The number of carbonyl (C=O) groups excluding carboxylic acids is 13. The number of alkyl carbamates (subject to hydrolysis) is 1. The van der Waals surface area contributed by atoms with E-state index in [1.54, 1.807) is 62.3 Å². The van der Waals surface area contributed by atoms with E-state index in [0.717, 1.165) is 6.92 Å². The molecular weight excluding hydrogens is 1310 g/mol. The lowest BCUT2D eigenvalue weighted by molar-refractivity contribution is -0.159. The number of nitrogens with two attached hydrogens (primary N) is 3. The van der Waals surface area contributed by atoms with Gasteiger partial charge in [0.15, 0.2) is 24.2 Å². The summed E-state index contributed by atoms with van der Waals surface area (Å²) in [7, 11) is 0. The van der Waals surface area contributed by atoms with E-state index in [4.69, 9.17) is 26.7 Å². The number of hydrogen-bond donors (Lipinski definition) is 19. The minimum absolute atomic E-state index is 0.0188. The molecule has 35 nitrogen and oxygen atoms in total. The smallest absolute Gasteiger partial charge is 0.408 e. The number of nitrogens with zero attached hydrogens (tertiary/aromatic N) is 1. The van der Waals surface area contributed by atoms with Crippen molar-refractivity contribution < 1.29 is 97.3 Å². The zero-order valence-electron chi connectivity index (χ0n) is 58.3. The van der Waals surface area contributed by atoms with Crippen LogP contribution in [0.2, 0.25) is 0 Å². The molecule has 100 heavy (non-hydrogen) atoms. The van der Waals surface area contributed by atoms with Gasteiger partial charge in [0.25, 0.3) is 0 Å². The van der Waals surface area contributed by atoms with Crippen LogP contribution in [-0.4, -0.2) is 207 Å².